The quantitative estimate of drug-likeness (QED) is 0.746. The predicted octanol–water partition coefficient (Wildman–Crippen LogP) is 1.86. The van der Waals surface area contributed by atoms with Crippen molar-refractivity contribution in [3.63, 3.8) is 0 Å². The van der Waals surface area contributed by atoms with Gasteiger partial charge in [-0.2, -0.15) is 0 Å². The Morgan fingerprint density at radius 2 is 2.00 bits per heavy atom. The lowest BCUT2D eigenvalue weighted by molar-refractivity contribution is -0.136. The lowest BCUT2D eigenvalue weighted by Crippen LogP contribution is -2.52. The number of piperidine rings is 1. The highest BCUT2D eigenvalue weighted by Crippen LogP contribution is 2.48. The number of carbonyl (C=O) groups excluding carboxylic acids is 4. The highest BCUT2D eigenvalue weighted by Gasteiger charge is 2.44. The summed E-state index contributed by atoms with van der Waals surface area (Å²) in [6, 6.07) is 4.52. The van der Waals surface area contributed by atoms with Crippen LogP contribution in [0.15, 0.2) is 18.2 Å². The van der Waals surface area contributed by atoms with Crippen LogP contribution < -0.4 is 10.6 Å². The summed E-state index contributed by atoms with van der Waals surface area (Å²) in [7, 11) is 0. The van der Waals surface area contributed by atoms with Gasteiger partial charge in [0.05, 0.1) is 0 Å². The van der Waals surface area contributed by atoms with Crippen LogP contribution in [-0.2, 0) is 16.1 Å². The molecular weight excluding hydrogens is 372 g/mol. The molecule has 0 aromatic heterocycles. The van der Waals surface area contributed by atoms with Crippen LogP contribution in [0, 0.1) is 5.41 Å². The maximum atomic E-state index is 12.7. The molecule has 2 saturated heterocycles. The minimum atomic E-state index is -0.631. The number of urea groups is 1. The minimum Gasteiger partial charge on any atom is -0.324 e. The van der Waals surface area contributed by atoms with Gasteiger partial charge in [-0.05, 0) is 54.9 Å². The number of rotatable bonds is 2. The summed E-state index contributed by atoms with van der Waals surface area (Å²) in [6.07, 6.45) is 5.35. The lowest BCUT2D eigenvalue weighted by Gasteiger charge is -2.37. The van der Waals surface area contributed by atoms with Gasteiger partial charge in [0.1, 0.15) is 6.04 Å². The number of benzene rings is 1. The first-order chi connectivity index (χ1) is 13.9. The van der Waals surface area contributed by atoms with E-state index in [1.54, 1.807) is 12.1 Å². The maximum Gasteiger partial charge on any atom is 0.321 e. The van der Waals surface area contributed by atoms with Crippen molar-refractivity contribution in [2.45, 2.75) is 51.1 Å². The van der Waals surface area contributed by atoms with E-state index in [-0.39, 0.29) is 24.3 Å². The van der Waals surface area contributed by atoms with E-state index in [0.29, 0.717) is 29.6 Å². The Balaban J connectivity index is 1.27. The summed E-state index contributed by atoms with van der Waals surface area (Å²) in [5.41, 5.74) is 2.34. The van der Waals surface area contributed by atoms with Gasteiger partial charge >= 0.3 is 6.03 Å². The van der Waals surface area contributed by atoms with Gasteiger partial charge in [-0.3, -0.25) is 19.7 Å². The monoisotopic (exact) mass is 396 g/mol. The molecule has 2 N–H and O–H groups in total. The van der Waals surface area contributed by atoms with E-state index in [0.717, 1.165) is 25.1 Å². The van der Waals surface area contributed by atoms with Crippen molar-refractivity contribution in [1.29, 1.82) is 0 Å². The highest BCUT2D eigenvalue weighted by atomic mass is 16.2. The molecule has 3 fully saturated rings. The molecule has 0 radical (unpaired) electrons. The number of anilines is 1. The third kappa shape index (κ3) is 3.07. The summed E-state index contributed by atoms with van der Waals surface area (Å²) in [6.45, 7) is 1.92. The van der Waals surface area contributed by atoms with E-state index in [9.17, 15) is 19.2 Å². The molecule has 3 heterocycles. The molecule has 8 nitrogen and oxygen atoms in total. The number of hydrogen-bond donors (Lipinski definition) is 2. The normalized spacial score (nSPS) is 25.1. The molecule has 1 aliphatic carbocycles. The molecule has 1 spiro atoms. The van der Waals surface area contributed by atoms with Gasteiger partial charge in [0.25, 0.3) is 5.91 Å². The first-order valence-corrected chi connectivity index (χ1v) is 10.3. The van der Waals surface area contributed by atoms with Crippen molar-refractivity contribution in [3.05, 3.63) is 29.3 Å². The Hall–Kier alpha value is -2.90. The number of imide groups is 1. The Labute approximate surface area is 168 Å². The molecule has 0 bridgehead atoms. The van der Waals surface area contributed by atoms with Crippen LogP contribution >= 0.6 is 0 Å². The second-order valence-electron chi connectivity index (χ2n) is 8.73. The number of nitrogens with one attached hydrogen (secondary N) is 2. The van der Waals surface area contributed by atoms with Gasteiger partial charge in [-0.15, -0.1) is 0 Å². The first kappa shape index (κ1) is 18.1. The predicted molar refractivity (Wildman–Crippen MR) is 104 cm³/mol. The van der Waals surface area contributed by atoms with Crippen LogP contribution in [0.4, 0.5) is 10.5 Å². The molecule has 5 amide bonds. The smallest absolute Gasteiger partial charge is 0.321 e. The Kier molecular flexibility index (Phi) is 4.11. The van der Waals surface area contributed by atoms with Gasteiger partial charge in [0, 0.05) is 37.3 Å². The van der Waals surface area contributed by atoms with Crippen molar-refractivity contribution < 1.29 is 19.2 Å². The fraction of sp³-hybridized carbons (Fsp3) is 0.524. The molecule has 1 unspecified atom stereocenters. The first-order valence-electron chi connectivity index (χ1n) is 10.3. The summed E-state index contributed by atoms with van der Waals surface area (Å²) < 4.78 is 0. The molecule has 1 atom stereocenters. The second kappa shape index (κ2) is 6.57. The van der Waals surface area contributed by atoms with Crippen LogP contribution in [-0.4, -0.2) is 52.7 Å². The largest absolute Gasteiger partial charge is 0.324 e. The highest BCUT2D eigenvalue weighted by molar-refractivity contribution is 6.05. The van der Waals surface area contributed by atoms with E-state index in [1.165, 1.54) is 24.2 Å². The zero-order valence-corrected chi connectivity index (χ0v) is 16.2. The molecule has 152 valence electrons. The molecular formula is C21H24N4O4. The summed E-state index contributed by atoms with van der Waals surface area (Å²) in [5.74, 6) is -0.931. The Bertz CT molecular complexity index is 923. The van der Waals surface area contributed by atoms with Gasteiger partial charge in [-0.1, -0.05) is 6.42 Å². The molecule has 29 heavy (non-hydrogen) atoms. The Morgan fingerprint density at radius 3 is 2.69 bits per heavy atom. The standard InChI is InChI=1S/C21H24N4O4/c26-17-5-4-16(18(27)23-17)25-11-13-10-14(2-3-15(13)19(25)28)22-20(29)24-9-8-21(12-24)6-1-7-21/h2-3,10,16H,1,4-9,11-12H2,(H,22,29)(H,23,26,27). The third-order valence-electron chi connectivity index (χ3n) is 6.91. The Morgan fingerprint density at radius 1 is 1.17 bits per heavy atom. The zero-order chi connectivity index (χ0) is 20.2. The van der Waals surface area contributed by atoms with E-state index in [4.69, 9.17) is 0 Å². The van der Waals surface area contributed by atoms with Crippen LogP contribution in [0.25, 0.3) is 0 Å². The minimum absolute atomic E-state index is 0.0972. The summed E-state index contributed by atoms with van der Waals surface area (Å²) in [4.78, 5) is 52.3. The fourth-order valence-corrected chi connectivity index (χ4v) is 5.05. The van der Waals surface area contributed by atoms with Crippen LogP contribution in [0.3, 0.4) is 0 Å². The van der Waals surface area contributed by atoms with Crippen molar-refractivity contribution in [3.8, 4) is 0 Å². The van der Waals surface area contributed by atoms with Gasteiger partial charge in [0.15, 0.2) is 0 Å². The van der Waals surface area contributed by atoms with Crippen molar-refractivity contribution >= 4 is 29.4 Å². The molecule has 5 rings (SSSR count). The molecule has 1 saturated carbocycles. The molecule has 1 aromatic rings. The summed E-state index contributed by atoms with van der Waals surface area (Å²) in [5, 5.41) is 5.26. The van der Waals surface area contributed by atoms with Gasteiger partial charge in [-0.25, -0.2) is 4.79 Å². The number of carbonyl (C=O) groups is 4. The van der Waals surface area contributed by atoms with Crippen molar-refractivity contribution in [2.75, 3.05) is 18.4 Å². The molecule has 3 aliphatic heterocycles. The van der Waals surface area contributed by atoms with Crippen LogP contribution in [0.1, 0.15) is 54.4 Å². The zero-order valence-electron chi connectivity index (χ0n) is 16.2. The average Bonchev–Trinajstić information content (AvgIpc) is 3.24. The molecule has 1 aromatic carbocycles. The average molecular weight is 396 g/mol. The van der Waals surface area contributed by atoms with E-state index >= 15 is 0 Å². The van der Waals surface area contributed by atoms with Crippen molar-refractivity contribution in [2.24, 2.45) is 5.41 Å². The molecule has 8 heteroatoms. The third-order valence-corrected chi connectivity index (χ3v) is 6.91. The van der Waals surface area contributed by atoms with Crippen LogP contribution in [0.2, 0.25) is 0 Å². The molecule has 4 aliphatic rings. The van der Waals surface area contributed by atoms with Crippen LogP contribution in [0.5, 0.6) is 0 Å². The van der Waals surface area contributed by atoms with E-state index in [2.05, 4.69) is 10.6 Å². The fourth-order valence-electron chi connectivity index (χ4n) is 5.05. The van der Waals surface area contributed by atoms with Gasteiger partial charge < -0.3 is 15.1 Å². The van der Waals surface area contributed by atoms with E-state index in [1.807, 2.05) is 11.0 Å². The lowest BCUT2D eigenvalue weighted by atomic mass is 9.68. The van der Waals surface area contributed by atoms with E-state index < -0.39 is 11.9 Å². The SMILES string of the molecule is O=C1CCC(N2Cc3cc(NC(=O)N4CCC5(CCC5)C4)ccc3C2=O)C(=O)N1. The number of fused-ring (bicyclic) bond motifs is 1. The topological polar surface area (TPSA) is 98.8 Å². The number of nitrogens with zero attached hydrogens (tertiary/aromatic N) is 2. The number of hydrogen-bond acceptors (Lipinski definition) is 4. The number of amides is 5. The van der Waals surface area contributed by atoms with Gasteiger partial charge in [0.2, 0.25) is 11.8 Å². The summed E-state index contributed by atoms with van der Waals surface area (Å²) >= 11 is 0. The number of likely N-dealkylation sites (tertiary alicyclic amines) is 1. The van der Waals surface area contributed by atoms with Crippen molar-refractivity contribution in [1.82, 2.24) is 15.1 Å². The second-order valence-corrected chi connectivity index (χ2v) is 8.73. The maximum absolute atomic E-state index is 12.7.